The fraction of sp³-hybridized carbons (Fsp3) is 0.600. The molecule has 1 N–H and O–H groups in total. The SMILES string of the molecule is CC(C)Oc1cccc(C(O)C2CCCCO2)c1. The van der Waals surface area contributed by atoms with Crippen LogP contribution in [0.2, 0.25) is 0 Å². The predicted molar refractivity (Wildman–Crippen MR) is 70.8 cm³/mol. The molecule has 1 fully saturated rings. The lowest BCUT2D eigenvalue weighted by molar-refractivity contribution is -0.0634. The first-order valence-electron chi connectivity index (χ1n) is 6.73. The van der Waals surface area contributed by atoms with Crippen molar-refractivity contribution in [3.8, 4) is 5.75 Å². The molecule has 0 radical (unpaired) electrons. The Morgan fingerprint density at radius 1 is 1.33 bits per heavy atom. The zero-order valence-electron chi connectivity index (χ0n) is 11.1. The second-order valence-corrected chi connectivity index (χ2v) is 5.09. The minimum absolute atomic E-state index is 0.0759. The van der Waals surface area contributed by atoms with Gasteiger partial charge in [0.2, 0.25) is 0 Å². The van der Waals surface area contributed by atoms with Crippen LogP contribution in [0, 0.1) is 0 Å². The molecule has 100 valence electrons. The highest BCUT2D eigenvalue weighted by atomic mass is 16.5. The molecule has 0 saturated carbocycles. The molecule has 0 bridgehead atoms. The minimum Gasteiger partial charge on any atom is -0.491 e. The van der Waals surface area contributed by atoms with Crippen molar-refractivity contribution >= 4 is 0 Å². The normalized spacial score (nSPS) is 21.9. The molecule has 3 nitrogen and oxygen atoms in total. The first-order valence-corrected chi connectivity index (χ1v) is 6.73. The predicted octanol–water partition coefficient (Wildman–Crippen LogP) is 3.08. The Kier molecular flexibility index (Phi) is 4.61. The van der Waals surface area contributed by atoms with E-state index in [-0.39, 0.29) is 12.2 Å². The van der Waals surface area contributed by atoms with E-state index in [0.717, 1.165) is 37.2 Å². The summed E-state index contributed by atoms with van der Waals surface area (Å²) in [7, 11) is 0. The van der Waals surface area contributed by atoms with Crippen molar-refractivity contribution in [1.82, 2.24) is 0 Å². The van der Waals surface area contributed by atoms with E-state index in [1.807, 2.05) is 38.1 Å². The maximum Gasteiger partial charge on any atom is 0.120 e. The van der Waals surface area contributed by atoms with Gasteiger partial charge in [-0.05, 0) is 50.8 Å². The Morgan fingerprint density at radius 3 is 2.83 bits per heavy atom. The van der Waals surface area contributed by atoms with E-state index in [0.29, 0.717) is 0 Å². The van der Waals surface area contributed by atoms with E-state index >= 15 is 0 Å². The second kappa shape index (κ2) is 6.21. The Hall–Kier alpha value is -1.06. The van der Waals surface area contributed by atoms with Crippen molar-refractivity contribution in [1.29, 1.82) is 0 Å². The average molecular weight is 250 g/mol. The van der Waals surface area contributed by atoms with Crippen LogP contribution in [0.3, 0.4) is 0 Å². The standard InChI is InChI=1S/C15H22O3/c1-11(2)18-13-7-5-6-12(10-13)15(16)14-8-3-4-9-17-14/h5-7,10-11,14-16H,3-4,8-9H2,1-2H3. The van der Waals surface area contributed by atoms with Crippen LogP contribution in [-0.2, 0) is 4.74 Å². The van der Waals surface area contributed by atoms with Gasteiger partial charge in [0.05, 0.1) is 12.2 Å². The van der Waals surface area contributed by atoms with E-state index in [2.05, 4.69) is 0 Å². The van der Waals surface area contributed by atoms with Crippen LogP contribution in [0.4, 0.5) is 0 Å². The van der Waals surface area contributed by atoms with Crippen molar-refractivity contribution in [3.63, 3.8) is 0 Å². The number of ether oxygens (including phenoxy) is 2. The summed E-state index contributed by atoms with van der Waals surface area (Å²) in [4.78, 5) is 0. The fourth-order valence-corrected chi connectivity index (χ4v) is 2.27. The van der Waals surface area contributed by atoms with Crippen molar-refractivity contribution in [3.05, 3.63) is 29.8 Å². The lowest BCUT2D eigenvalue weighted by Gasteiger charge is -2.27. The fourth-order valence-electron chi connectivity index (χ4n) is 2.27. The van der Waals surface area contributed by atoms with E-state index in [9.17, 15) is 5.11 Å². The number of rotatable bonds is 4. The van der Waals surface area contributed by atoms with E-state index in [4.69, 9.17) is 9.47 Å². The monoisotopic (exact) mass is 250 g/mol. The zero-order chi connectivity index (χ0) is 13.0. The molecule has 1 aromatic carbocycles. The molecule has 1 aromatic rings. The molecule has 2 rings (SSSR count). The number of hydrogen-bond donors (Lipinski definition) is 1. The molecular formula is C15H22O3. The van der Waals surface area contributed by atoms with Crippen LogP contribution < -0.4 is 4.74 Å². The summed E-state index contributed by atoms with van der Waals surface area (Å²) in [6, 6.07) is 7.66. The highest BCUT2D eigenvalue weighted by molar-refractivity contribution is 5.30. The maximum atomic E-state index is 10.3. The van der Waals surface area contributed by atoms with Crippen molar-refractivity contribution < 1.29 is 14.6 Å². The molecule has 2 unspecified atom stereocenters. The third-order valence-corrected chi connectivity index (χ3v) is 3.14. The molecule has 1 aliphatic heterocycles. The van der Waals surface area contributed by atoms with Crippen LogP contribution in [0.15, 0.2) is 24.3 Å². The van der Waals surface area contributed by atoms with Gasteiger partial charge in [-0.2, -0.15) is 0 Å². The van der Waals surface area contributed by atoms with Gasteiger partial charge in [-0.25, -0.2) is 0 Å². The minimum atomic E-state index is -0.555. The summed E-state index contributed by atoms with van der Waals surface area (Å²) in [6.45, 7) is 4.74. The van der Waals surface area contributed by atoms with Gasteiger partial charge in [0.1, 0.15) is 11.9 Å². The number of benzene rings is 1. The van der Waals surface area contributed by atoms with Gasteiger partial charge in [0, 0.05) is 6.61 Å². The molecule has 1 saturated heterocycles. The largest absolute Gasteiger partial charge is 0.491 e. The zero-order valence-corrected chi connectivity index (χ0v) is 11.1. The van der Waals surface area contributed by atoms with Gasteiger partial charge in [-0.3, -0.25) is 0 Å². The summed E-state index contributed by atoms with van der Waals surface area (Å²) in [5.41, 5.74) is 0.875. The summed E-state index contributed by atoms with van der Waals surface area (Å²) >= 11 is 0. The van der Waals surface area contributed by atoms with E-state index in [1.165, 1.54) is 0 Å². The van der Waals surface area contributed by atoms with Gasteiger partial charge >= 0.3 is 0 Å². The molecular weight excluding hydrogens is 228 g/mol. The average Bonchev–Trinajstić information content (AvgIpc) is 2.38. The highest BCUT2D eigenvalue weighted by Gasteiger charge is 2.24. The van der Waals surface area contributed by atoms with Crippen molar-refractivity contribution in [2.24, 2.45) is 0 Å². The molecule has 0 amide bonds. The summed E-state index contributed by atoms with van der Waals surface area (Å²) in [6.07, 6.45) is 2.66. The molecule has 1 aliphatic rings. The van der Waals surface area contributed by atoms with Crippen LogP contribution in [0.5, 0.6) is 5.75 Å². The summed E-state index contributed by atoms with van der Waals surface area (Å²) in [5.74, 6) is 0.803. The Morgan fingerprint density at radius 2 is 2.17 bits per heavy atom. The first-order chi connectivity index (χ1) is 8.66. The molecule has 2 atom stereocenters. The van der Waals surface area contributed by atoms with Gasteiger partial charge in [-0.1, -0.05) is 12.1 Å². The maximum absolute atomic E-state index is 10.3. The van der Waals surface area contributed by atoms with E-state index < -0.39 is 6.10 Å². The molecule has 0 spiro atoms. The lowest BCUT2D eigenvalue weighted by Crippen LogP contribution is -2.26. The highest BCUT2D eigenvalue weighted by Crippen LogP contribution is 2.28. The number of aliphatic hydroxyl groups is 1. The van der Waals surface area contributed by atoms with Crippen LogP contribution in [-0.4, -0.2) is 23.9 Å². The molecule has 3 heteroatoms. The topological polar surface area (TPSA) is 38.7 Å². The first kappa shape index (κ1) is 13.4. The van der Waals surface area contributed by atoms with Gasteiger partial charge in [0.25, 0.3) is 0 Å². The third kappa shape index (κ3) is 3.47. The van der Waals surface area contributed by atoms with Crippen molar-refractivity contribution in [2.45, 2.75) is 51.4 Å². The molecule has 18 heavy (non-hydrogen) atoms. The Bertz CT molecular complexity index is 370. The van der Waals surface area contributed by atoms with Gasteiger partial charge in [0.15, 0.2) is 0 Å². The molecule has 0 aliphatic carbocycles. The van der Waals surface area contributed by atoms with Crippen LogP contribution in [0.1, 0.15) is 44.8 Å². The lowest BCUT2D eigenvalue weighted by atomic mass is 9.98. The quantitative estimate of drug-likeness (QED) is 0.892. The summed E-state index contributed by atoms with van der Waals surface area (Å²) < 4.78 is 11.3. The second-order valence-electron chi connectivity index (χ2n) is 5.09. The summed E-state index contributed by atoms with van der Waals surface area (Å²) in [5, 5.41) is 10.3. The van der Waals surface area contributed by atoms with Gasteiger partial charge < -0.3 is 14.6 Å². The van der Waals surface area contributed by atoms with Crippen molar-refractivity contribution in [2.75, 3.05) is 6.61 Å². The molecule has 1 heterocycles. The van der Waals surface area contributed by atoms with E-state index in [1.54, 1.807) is 0 Å². The number of hydrogen-bond acceptors (Lipinski definition) is 3. The Labute approximate surface area is 109 Å². The smallest absolute Gasteiger partial charge is 0.120 e. The molecule has 0 aromatic heterocycles. The van der Waals surface area contributed by atoms with Crippen LogP contribution in [0.25, 0.3) is 0 Å². The Balaban J connectivity index is 2.06. The van der Waals surface area contributed by atoms with Gasteiger partial charge in [-0.15, -0.1) is 0 Å². The number of aliphatic hydroxyl groups excluding tert-OH is 1. The van der Waals surface area contributed by atoms with Crippen LogP contribution >= 0.6 is 0 Å². The third-order valence-electron chi connectivity index (χ3n) is 3.14.